The monoisotopic (exact) mass is 448 g/mol. The zero-order valence-corrected chi connectivity index (χ0v) is 18.9. The number of carbonyl (C=O) groups is 1. The standard InChI is InChI=1S/C23H29FN2O4S/c1-17(18-4-10-21(30-2)11-5-18)26-15-13-23(16-22(26)27,12-14-25-31(3,28)29)19-6-8-20(24)9-7-19/h4-11,17,25H,12-16H2,1-3H3/t17-,23?/m0/s1. The molecule has 0 aliphatic carbocycles. The fraction of sp³-hybridized carbons (Fsp3) is 0.435. The van der Waals surface area contributed by atoms with Crippen LogP contribution in [0.15, 0.2) is 48.5 Å². The van der Waals surface area contributed by atoms with Crippen LogP contribution in [-0.2, 0) is 20.2 Å². The van der Waals surface area contributed by atoms with Crippen LogP contribution in [0.5, 0.6) is 5.75 Å². The van der Waals surface area contributed by atoms with Crippen molar-refractivity contribution >= 4 is 15.9 Å². The van der Waals surface area contributed by atoms with Crippen molar-refractivity contribution in [1.29, 1.82) is 0 Å². The van der Waals surface area contributed by atoms with Crippen LogP contribution in [-0.4, -0.2) is 45.7 Å². The third-order valence-corrected chi connectivity index (χ3v) is 6.86. The van der Waals surface area contributed by atoms with Gasteiger partial charge in [0.1, 0.15) is 11.6 Å². The van der Waals surface area contributed by atoms with Crippen LogP contribution in [0.3, 0.4) is 0 Å². The Hall–Kier alpha value is -2.45. The lowest BCUT2D eigenvalue weighted by Gasteiger charge is -2.44. The highest BCUT2D eigenvalue weighted by Crippen LogP contribution is 2.41. The highest BCUT2D eigenvalue weighted by Gasteiger charge is 2.41. The number of halogens is 1. The number of rotatable bonds is 8. The smallest absolute Gasteiger partial charge is 0.223 e. The summed E-state index contributed by atoms with van der Waals surface area (Å²) in [5.74, 6) is 0.415. The van der Waals surface area contributed by atoms with Crippen molar-refractivity contribution in [1.82, 2.24) is 9.62 Å². The number of piperidine rings is 1. The van der Waals surface area contributed by atoms with E-state index in [0.29, 0.717) is 19.4 Å². The van der Waals surface area contributed by atoms with E-state index in [1.165, 1.54) is 12.1 Å². The maximum absolute atomic E-state index is 13.5. The summed E-state index contributed by atoms with van der Waals surface area (Å²) >= 11 is 0. The molecule has 0 bridgehead atoms. The third-order valence-electron chi connectivity index (χ3n) is 6.13. The van der Waals surface area contributed by atoms with Crippen LogP contribution in [0.4, 0.5) is 4.39 Å². The van der Waals surface area contributed by atoms with Crippen LogP contribution in [0.1, 0.15) is 43.4 Å². The number of hydrogen-bond acceptors (Lipinski definition) is 4. The molecule has 1 unspecified atom stereocenters. The molecule has 6 nitrogen and oxygen atoms in total. The van der Waals surface area contributed by atoms with E-state index in [9.17, 15) is 17.6 Å². The Bertz CT molecular complexity index is 1010. The molecule has 8 heteroatoms. The van der Waals surface area contributed by atoms with Crippen molar-refractivity contribution in [2.24, 2.45) is 0 Å². The first-order chi connectivity index (χ1) is 14.6. The molecule has 0 saturated carbocycles. The molecule has 1 heterocycles. The fourth-order valence-corrected chi connectivity index (χ4v) is 4.77. The quantitative estimate of drug-likeness (QED) is 0.672. The summed E-state index contributed by atoms with van der Waals surface area (Å²) in [5.41, 5.74) is 1.33. The summed E-state index contributed by atoms with van der Waals surface area (Å²) in [7, 11) is -1.72. The Kier molecular flexibility index (Phi) is 7.01. The number of nitrogens with one attached hydrogen (secondary N) is 1. The van der Waals surface area contributed by atoms with Gasteiger partial charge in [0.25, 0.3) is 0 Å². The number of ether oxygens (including phenoxy) is 1. The van der Waals surface area contributed by atoms with Gasteiger partial charge in [-0.1, -0.05) is 24.3 Å². The molecular weight excluding hydrogens is 419 g/mol. The van der Waals surface area contributed by atoms with Crippen LogP contribution in [0.2, 0.25) is 0 Å². The maximum atomic E-state index is 13.5. The molecule has 1 fully saturated rings. The van der Waals surface area contributed by atoms with E-state index in [1.54, 1.807) is 19.2 Å². The molecule has 0 radical (unpaired) electrons. The van der Waals surface area contributed by atoms with E-state index in [4.69, 9.17) is 4.74 Å². The largest absolute Gasteiger partial charge is 0.497 e. The van der Waals surface area contributed by atoms with Gasteiger partial charge in [0.05, 0.1) is 19.4 Å². The van der Waals surface area contributed by atoms with Gasteiger partial charge in [-0.2, -0.15) is 0 Å². The van der Waals surface area contributed by atoms with Gasteiger partial charge in [-0.25, -0.2) is 17.5 Å². The topological polar surface area (TPSA) is 75.7 Å². The lowest BCUT2D eigenvalue weighted by atomic mass is 9.70. The molecule has 1 amide bonds. The first kappa shape index (κ1) is 23.2. The molecule has 1 saturated heterocycles. The van der Waals surface area contributed by atoms with Crippen molar-refractivity contribution in [2.45, 2.75) is 37.6 Å². The van der Waals surface area contributed by atoms with Crippen LogP contribution < -0.4 is 9.46 Å². The Labute approximate surface area is 183 Å². The maximum Gasteiger partial charge on any atom is 0.223 e. The predicted octanol–water partition coefficient (Wildman–Crippen LogP) is 3.40. The minimum Gasteiger partial charge on any atom is -0.497 e. The molecule has 0 aromatic heterocycles. The molecule has 1 aliphatic rings. The predicted molar refractivity (Wildman–Crippen MR) is 118 cm³/mol. The average Bonchev–Trinajstić information content (AvgIpc) is 2.73. The normalized spacial score (nSPS) is 20.5. The number of sulfonamides is 1. The summed E-state index contributed by atoms with van der Waals surface area (Å²) in [6.45, 7) is 2.75. The van der Waals surface area contributed by atoms with E-state index < -0.39 is 15.4 Å². The number of carbonyl (C=O) groups excluding carboxylic acids is 1. The Morgan fingerprint density at radius 3 is 2.35 bits per heavy atom. The van der Waals surface area contributed by atoms with Crippen LogP contribution in [0, 0.1) is 5.82 Å². The zero-order chi connectivity index (χ0) is 22.6. The first-order valence-corrected chi connectivity index (χ1v) is 12.2. The minimum atomic E-state index is -3.34. The van der Waals surface area contributed by atoms with E-state index in [0.717, 1.165) is 23.1 Å². The van der Waals surface area contributed by atoms with E-state index in [-0.39, 0.29) is 30.7 Å². The fourth-order valence-electron chi connectivity index (χ4n) is 4.29. The van der Waals surface area contributed by atoms with Gasteiger partial charge in [0.15, 0.2) is 0 Å². The number of hydrogen-bond donors (Lipinski definition) is 1. The summed E-state index contributed by atoms with van der Waals surface area (Å²) in [6, 6.07) is 13.7. The van der Waals surface area contributed by atoms with Crippen molar-refractivity contribution in [3.63, 3.8) is 0 Å². The Morgan fingerprint density at radius 1 is 1.16 bits per heavy atom. The number of likely N-dealkylation sites (tertiary alicyclic amines) is 1. The molecule has 168 valence electrons. The van der Waals surface area contributed by atoms with Crippen molar-refractivity contribution in [2.75, 3.05) is 26.5 Å². The molecule has 1 aliphatic heterocycles. The van der Waals surface area contributed by atoms with Gasteiger partial charge in [-0.15, -0.1) is 0 Å². The van der Waals surface area contributed by atoms with E-state index in [1.807, 2.05) is 36.1 Å². The average molecular weight is 449 g/mol. The number of benzene rings is 2. The third kappa shape index (κ3) is 5.62. The van der Waals surface area contributed by atoms with Gasteiger partial charge in [0.2, 0.25) is 15.9 Å². The molecule has 1 N–H and O–H groups in total. The minimum absolute atomic E-state index is 0.00162. The molecule has 2 aromatic carbocycles. The SMILES string of the molecule is COc1ccc([C@H](C)N2CCC(CCNS(C)(=O)=O)(c3ccc(F)cc3)CC2=O)cc1. The molecule has 0 spiro atoms. The van der Waals surface area contributed by atoms with Crippen molar-refractivity contribution in [3.8, 4) is 5.75 Å². The number of amides is 1. The van der Waals surface area contributed by atoms with Gasteiger partial charge in [0, 0.05) is 24.9 Å². The van der Waals surface area contributed by atoms with Gasteiger partial charge >= 0.3 is 0 Å². The van der Waals surface area contributed by atoms with Gasteiger partial charge in [-0.3, -0.25) is 4.79 Å². The van der Waals surface area contributed by atoms with Crippen molar-refractivity contribution < 1.29 is 22.3 Å². The number of methoxy groups -OCH3 is 1. The van der Waals surface area contributed by atoms with Gasteiger partial charge < -0.3 is 9.64 Å². The highest BCUT2D eigenvalue weighted by atomic mass is 32.2. The summed E-state index contributed by atoms with van der Waals surface area (Å²) in [4.78, 5) is 15.1. The lowest BCUT2D eigenvalue weighted by Crippen LogP contribution is -2.48. The number of nitrogens with zero attached hydrogens (tertiary/aromatic N) is 1. The Morgan fingerprint density at radius 2 is 1.81 bits per heavy atom. The second kappa shape index (κ2) is 9.36. The van der Waals surface area contributed by atoms with E-state index in [2.05, 4.69) is 4.72 Å². The molecule has 2 atom stereocenters. The summed E-state index contributed by atoms with van der Waals surface area (Å²) < 4.78 is 44.3. The van der Waals surface area contributed by atoms with Crippen molar-refractivity contribution in [3.05, 3.63) is 65.5 Å². The van der Waals surface area contributed by atoms with Gasteiger partial charge in [-0.05, 0) is 55.2 Å². The zero-order valence-electron chi connectivity index (χ0n) is 18.1. The Balaban J connectivity index is 1.81. The van der Waals surface area contributed by atoms with Crippen LogP contribution in [0.25, 0.3) is 0 Å². The van der Waals surface area contributed by atoms with Crippen LogP contribution >= 0.6 is 0 Å². The lowest BCUT2D eigenvalue weighted by molar-refractivity contribution is -0.138. The second-order valence-electron chi connectivity index (χ2n) is 8.17. The molecule has 31 heavy (non-hydrogen) atoms. The summed E-state index contributed by atoms with van der Waals surface area (Å²) in [6.07, 6.45) is 2.48. The molecule has 3 rings (SSSR count). The van der Waals surface area contributed by atoms with E-state index >= 15 is 0 Å². The molecular formula is C23H29FN2O4S. The highest BCUT2D eigenvalue weighted by molar-refractivity contribution is 7.88. The summed E-state index contributed by atoms with van der Waals surface area (Å²) in [5, 5.41) is 0. The first-order valence-electron chi connectivity index (χ1n) is 10.3. The second-order valence-corrected chi connectivity index (χ2v) is 10.00. The molecule has 2 aromatic rings.